The molecule has 4 nitrogen and oxygen atoms in total. The molecule has 0 aromatic heterocycles. The van der Waals surface area contributed by atoms with Gasteiger partial charge in [-0.25, -0.2) is 0 Å². The molecule has 4 heteroatoms. The number of aliphatic hydroxyl groups excluding tert-OH is 1. The largest absolute Gasteiger partial charge is 0.395 e. The van der Waals surface area contributed by atoms with Gasteiger partial charge >= 0.3 is 0 Å². The van der Waals surface area contributed by atoms with Gasteiger partial charge in [-0.1, -0.05) is 6.92 Å². The van der Waals surface area contributed by atoms with Crippen LogP contribution in [0.2, 0.25) is 0 Å². The van der Waals surface area contributed by atoms with E-state index < -0.39 is 0 Å². The second-order valence-electron chi connectivity index (χ2n) is 5.41. The fourth-order valence-corrected chi connectivity index (χ4v) is 3.06. The van der Waals surface area contributed by atoms with Crippen LogP contribution in [0, 0.1) is 5.92 Å². The number of likely N-dealkylation sites (tertiary alicyclic amines) is 1. The van der Waals surface area contributed by atoms with Gasteiger partial charge in [0.1, 0.15) is 0 Å². The maximum Gasteiger partial charge on any atom is 0.0558 e. The molecule has 2 heterocycles. The maximum atomic E-state index is 8.93. The van der Waals surface area contributed by atoms with Crippen molar-refractivity contribution in [1.82, 2.24) is 14.7 Å². The predicted molar refractivity (Wildman–Crippen MR) is 70.2 cm³/mol. The van der Waals surface area contributed by atoms with Crippen LogP contribution in [0.1, 0.15) is 13.3 Å². The Hall–Kier alpha value is -0.160. The summed E-state index contributed by atoms with van der Waals surface area (Å²) in [6, 6.07) is 0. The Bertz CT molecular complexity index is 217. The molecule has 2 rings (SSSR count). The first kappa shape index (κ1) is 13.3. The molecule has 2 aliphatic rings. The standard InChI is InChI=1S/C13H27N3O/c1-2-14-5-7-16(8-6-14)12-13-3-4-15(11-13)9-10-17/h13,17H,2-12H2,1H3/t13-/m0/s1. The fourth-order valence-electron chi connectivity index (χ4n) is 3.06. The SMILES string of the molecule is CCN1CCN(C[C@H]2CCN(CCO)C2)CC1. The molecule has 0 aromatic rings. The number of rotatable bonds is 5. The zero-order valence-corrected chi connectivity index (χ0v) is 11.1. The van der Waals surface area contributed by atoms with Gasteiger partial charge in [-0.3, -0.25) is 0 Å². The first-order chi connectivity index (χ1) is 8.31. The first-order valence-electron chi connectivity index (χ1n) is 7.09. The summed E-state index contributed by atoms with van der Waals surface area (Å²) >= 11 is 0. The molecular weight excluding hydrogens is 214 g/mol. The summed E-state index contributed by atoms with van der Waals surface area (Å²) < 4.78 is 0. The Kier molecular flexibility index (Phi) is 5.22. The van der Waals surface area contributed by atoms with Gasteiger partial charge in [-0.2, -0.15) is 0 Å². The topological polar surface area (TPSA) is 30.0 Å². The minimum Gasteiger partial charge on any atom is -0.395 e. The molecule has 2 aliphatic heterocycles. The highest BCUT2D eigenvalue weighted by Gasteiger charge is 2.25. The molecule has 1 atom stereocenters. The van der Waals surface area contributed by atoms with E-state index in [-0.39, 0.29) is 0 Å². The zero-order valence-electron chi connectivity index (χ0n) is 11.1. The van der Waals surface area contributed by atoms with Gasteiger partial charge in [-0.15, -0.1) is 0 Å². The van der Waals surface area contributed by atoms with Crippen LogP contribution in [0.15, 0.2) is 0 Å². The summed E-state index contributed by atoms with van der Waals surface area (Å²) in [4.78, 5) is 7.55. The number of hydrogen-bond acceptors (Lipinski definition) is 4. The Morgan fingerprint density at radius 1 is 1.00 bits per heavy atom. The highest BCUT2D eigenvalue weighted by molar-refractivity contribution is 4.80. The third-order valence-electron chi connectivity index (χ3n) is 4.21. The third-order valence-corrected chi connectivity index (χ3v) is 4.21. The van der Waals surface area contributed by atoms with Gasteiger partial charge in [0, 0.05) is 45.8 Å². The first-order valence-corrected chi connectivity index (χ1v) is 7.09. The van der Waals surface area contributed by atoms with E-state index in [1.54, 1.807) is 0 Å². The third kappa shape index (κ3) is 3.91. The van der Waals surface area contributed by atoms with E-state index in [0.717, 1.165) is 12.5 Å². The summed E-state index contributed by atoms with van der Waals surface area (Å²) in [6.07, 6.45) is 1.31. The molecule has 1 N–H and O–H groups in total. The molecule has 0 saturated carbocycles. The van der Waals surface area contributed by atoms with E-state index in [9.17, 15) is 0 Å². The van der Waals surface area contributed by atoms with E-state index in [2.05, 4.69) is 21.6 Å². The highest BCUT2D eigenvalue weighted by atomic mass is 16.3. The van der Waals surface area contributed by atoms with Gasteiger partial charge in [0.15, 0.2) is 0 Å². The van der Waals surface area contributed by atoms with Crippen molar-refractivity contribution in [2.24, 2.45) is 5.92 Å². The van der Waals surface area contributed by atoms with Gasteiger partial charge in [0.05, 0.1) is 6.61 Å². The van der Waals surface area contributed by atoms with Crippen LogP contribution >= 0.6 is 0 Å². The van der Waals surface area contributed by atoms with Gasteiger partial charge in [-0.05, 0) is 25.4 Å². The molecule has 0 unspecified atom stereocenters. The monoisotopic (exact) mass is 241 g/mol. The van der Waals surface area contributed by atoms with E-state index in [4.69, 9.17) is 5.11 Å². The normalized spacial score (nSPS) is 28.9. The maximum absolute atomic E-state index is 8.93. The summed E-state index contributed by atoms with van der Waals surface area (Å²) in [5.74, 6) is 0.828. The molecule has 17 heavy (non-hydrogen) atoms. The van der Waals surface area contributed by atoms with Crippen LogP contribution < -0.4 is 0 Å². The number of nitrogens with zero attached hydrogens (tertiary/aromatic N) is 3. The zero-order chi connectivity index (χ0) is 12.1. The summed E-state index contributed by atoms with van der Waals surface area (Å²) in [5.41, 5.74) is 0. The summed E-state index contributed by atoms with van der Waals surface area (Å²) in [6.45, 7) is 13.2. The van der Waals surface area contributed by atoms with Crippen LogP contribution in [0.4, 0.5) is 0 Å². The molecule has 0 bridgehead atoms. The average Bonchev–Trinajstić information content (AvgIpc) is 2.78. The number of aliphatic hydroxyl groups is 1. The van der Waals surface area contributed by atoms with Gasteiger partial charge in [0.2, 0.25) is 0 Å². The lowest BCUT2D eigenvalue weighted by atomic mass is 10.1. The van der Waals surface area contributed by atoms with Crippen molar-refractivity contribution in [3.8, 4) is 0 Å². The van der Waals surface area contributed by atoms with Crippen molar-refractivity contribution in [3.63, 3.8) is 0 Å². The number of piperazine rings is 1. The van der Waals surface area contributed by atoms with Crippen molar-refractivity contribution in [2.75, 3.05) is 65.5 Å². The van der Waals surface area contributed by atoms with Crippen molar-refractivity contribution in [3.05, 3.63) is 0 Å². The Balaban J connectivity index is 1.65. The van der Waals surface area contributed by atoms with Crippen LogP contribution in [0.25, 0.3) is 0 Å². The number of likely N-dealkylation sites (N-methyl/N-ethyl adjacent to an activating group) is 1. The second kappa shape index (κ2) is 6.69. The van der Waals surface area contributed by atoms with Crippen molar-refractivity contribution in [2.45, 2.75) is 13.3 Å². The van der Waals surface area contributed by atoms with E-state index >= 15 is 0 Å². The van der Waals surface area contributed by atoms with E-state index in [1.807, 2.05) is 0 Å². The Labute approximate surface area is 105 Å². The van der Waals surface area contributed by atoms with E-state index in [1.165, 1.54) is 58.8 Å². The number of β-amino-alcohol motifs (C(OH)–C–C–N with tert-alkyl or cyclic N) is 1. The lowest BCUT2D eigenvalue weighted by Crippen LogP contribution is -2.47. The minimum absolute atomic E-state index is 0.307. The lowest BCUT2D eigenvalue weighted by molar-refractivity contribution is 0.121. The molecule has 2 saturated heterocycles. The molecule has 0 radical (unpaired) electrons. The summed E-state index contributed by atoms with van der Waals surface area (Å²) in [7, 11) is 0. The second-order valence-corrected chi connectivity index (χ2v) is 5.41. The van der Waals surface area contributed by atoms with Crippen LogP contribution in [-0.4, -0.2) is 85.3 Å². The molecule has 100 valence electrons. The summed E-state index contributed by atoms with van der Waals surface area (Å²) in [5, 5.41) is 8.93. The molecular formula is C13H27N3O. The van der Waals surface area contributed by atoms with Gasteiger partial charge < -0.3 is 19.8 Å². The molecule has 0 amide bonds. The smallest absolute Gasteiger partial charge is 0.0558 e. The molecule has 0 spiro atoms. The van der Waals surface area contributed by atoms with E-state index in [0.29, 0.717) is 6.61 Å². The minimum atomic E-state index is 0.307. The Morgan fingerprint density at radius 3 is 2.35 bits per heavy atom. The van der Waals surface area contributed by atoms with Crippen molar-refractivity contribution < 1.29 is 5.11 Å². The Morgan fingerprint density at radius 2 is 1.71 bits per heavy atom. The quantitative estimate of drug-likeness (QED) is 0.730. The van der Waals surface area contributed by atoms with Gasteiger partial charge in [0.25, 0.3) is 0 Å². The van der Waals surface area contributed by atoms with Crippen LogP contribution in [-0.2, 0) is 0 Å². The average molecular weight is 241 g/mol. The molecule has 0 aliphatic carbocycles. The highest BCUT2D eigenvalue weighted by Crippen LogP contribution is 2.17. The van der Waals surface area contributed by atoms with Crippen LogP contribution in [0.3, 0.4) is 0 Å². The predicted octanol–water partition coefficient (Wildman–Crippen LogP) is -0.0619. The van der Waals surface area contributed by atoms with Crippen LogP contribution in [0.5, 0.6) is 0 Å². The number of hydrogen-bond donors (Lipinski definition) is 1. The van der Waals surface area contributed by atoms with Crippen molar-refractivity contribution in [1.29, 1.82) is 0 Å². The fraction of sp³-hybridized carbons (Fsp3) is 1.00. The van der Waals surface area contributed by atoms with Crippen molar-refractivity contribution >= 4 is 0 Å². The molecule has 0 aromatic carbocycles. The molecule has 2 fully saturated rings. The lowest BCUT2D eigenvalue weighted by Gasteiger charge is -2.35.